The number of ether oxygens (including phenoxy) is 2. The maximum atomic E-state index is 5.38. The third kappa shape index (κ3) is 3.19. The van der Waals surface area contributed by atoms with Gasteiger partial charge in [-0.1, -0.05) is 6.07 Å². The van der Waals surface area contributed by atoms with E-state index in [-0.39, 0.29) is 0 Å². The molecule has 27 heavy (non-hydrogen) atoms. The summed E-state index contributed by atoms with van der Waals surface area (Å²) in [5.41, 5.74) is 2.63. The summed E-state index contributed by atoms with van der Waals surface area (Å²) < 4.78 is 14.2. The van der Waals surface area contributed by atoms with E-state index in [1.165, 1.54) is 0 Å². The van der Waals surface area contributed by atoms with Gasteiger partial charge in [-0.05, 0) is 47.2 Å². The van der Waals surface area contributed by atoms with Crippen LogP contribution in [-0.4, -0.2) is 49.0 Å². The van der Waals surface area contributed by atoms with Crippen LogP contribution in [0.3, 0.4) is 0 Å². The molecule has 9 heteroatoms. The molecule has 0 saturated carbocycles. The molecule has 138 valence electrons. The summed E-state index contributed by atoms with van der Waals surface area (Å²) in [6.45, 7) is 2.75. The fourth-order valence-corrected chi connectivity index (χ4v) is 2.95. The highest BCUT2D eigenvalue weighted by Gasteiger charge is 2.14. The van der Waals surface area contributed by atoms with Gasteiger partial charge in [0.05, 0.1) is 14.2 Å². The summed E-state index contributed by atoms with van der Waals surface area (Å²) in [7, 11) is 3.25. The number of nitrogens with zero attached hydrogens (tertiary/aromatic N) is 7. The van der Waals surface area contributed by atoms with E-state index in [1.807, 2.05) is 48.1 Å². The Bertz CT molecular complexity index is 1090. The molecule has 0 atom stereocenters. The highest BCUT2D eigenvalue weighted by atomic mass is 16.5. The summed E-state index contributed by atoms with van der Waals surface area (Å²) in [4.78, 5) is 4.74. The van der Waals surface area contributed by atoms with Crippen LogP contribution < -0.4 is 9.47 Å². The Labute approximate surface area is 155 Å². The Hall–Kier alpha value is -3.49. The van der Waals surface area contributed by atoms with Gasteiger partial charge < -0.3 is 9.47 Å². The quantitative estimate of drug-likeness (QED) is 0.516. The maximum Gasteiger partial charge on any atom is 0.179 e. The van der Waals surface area contributed by atoms with E-state index < -0.39 is 0 Å². The Kier molecular flexibility index (Phi) is 4.41. The number of methoxy groups -OCH3 is 2. The van der Waals surface area contributed by atoms with E-state index in [0.717, 1.165) is 22.8 Å². The number of pyridine rings is 1. The molecule has 0 aliphatic heterocycles. The first kappa shape index (κ1) is 17.0. The second-order valence-corrected chi connectivity index (χ2v) is 5.93. The van der Waals surface area contributed by atoms with E-state index in [9.17, 15) is 0 Å². The van der Waals surface area contributed by atoms with Crippen molar-refractivity contribution in [3.63, 3.8) is 0 Å². The highest BCUT2D eigenvalue weighted by molar-refractivity contribution is 5.60. The molecule has 1 aromatic carbocycles. The Balaban J connectivity index is 1.67. The minimum absolute atomic E-state index is 0.592. The lowest BCUT2D eigenvalue weighted by Gasteiger charge is -2.08. The van der Waals surface area contributed by atoms with Crippen LogP contribution in [0.25, 0.3) is 17.0 Å². The Morgan fingerprint density at radius 2 is 1.89 bits per heavy atom. The molecule has 4 rings (SSSR count). The SMILES string of the molecule is CCn1nc(Cc2ccc(OC)c(OC)c2)nc1-c1ccn2nnnc2c1. The van der Waals surface area contributed by atoms with Crippen molar-refractivity contribution in [1.82, 2.24) is 34.8 Å². The van der Waals surface area contributed by atoms with Crippen molar-refractivity contribution in [3.8, 4) is 22.9 Å². The van der Waals surface area contributed by atoms with Crippen molar-refractivity contribution >= 4 is 5.65 Å². The van der Waals surface area contributed by atoms with Crippen molar-refractivity contribution in [2.24, 2.45) is 0 Å². The molecule has 0 spiro atoms. The molecule has 3 heterocycles. The van der Waals surface area contributed by atoms with Crippen LogP contribution in [0.2, 0.25) is 0 Å². The minimum Gasteiger partial charge on any atom is -0.493 e. The van der Waals surface area contributed by atoms with Crippen LogP contribution in [0.5, 0.6) is 11.5 Å². The van der Waals surface area contributed by atoms with Crippen molar-refractivity contribution < 1.29 is 9.47 Å². The van der Waals surface area contributed by atoms with Gasteiger partial charge in [-0.2, -0.15) is 5.10 Å². The largest absolute Gasteiger partial charge is 0.493 e. The second kappa shape index (κ2) is 7.02. The first-order valence-electron chi connectivity index (χ1n) is 8.54. The van der Waals surface area contributed by atoms with Crippen LogP contribution in [0.4, 0.5) is 0 Å². The lowest BCUT2D eigenvalue weighted by atomic mass is 10.1. The van der Waals surface area contributed by atoms with Gasteiger partial charge >= 0.3 is 0 Å². The zero-order valence-electron chi connectivity index (χ0n) is 15.3. The predicted octanol–water partition coefficient (Wildman–Crippen LogP) is 2.01. The topological polar surface area (TPSA) is 92.2 Å². The fourth-order valence-electron chi connectivity index (χ4n) is 2.95. The third-order valence-corrected chi connectivity index (χ3v) is 4.28. The third-order valence-electron chi connectivity index (χ3n) is 4.28. The van der Waals surface area contributed by atoms with Gasteiger partial charge in [0.25, 0.3) is 0 Å². The number of rotatable bonds is 6. The molecule has 9 nitrogen and oxygen atoms in total. The normalized spacial score (nSPS) is 11.1. The van der Waals surface area contributed by atoms with Crippen molar-refractivity contribution in [1.29, 1.82) is 0 Å². The van der Waals surface area contributed by atoms with Crippen LogP contribution in [0, 0.1) is 0 Å². The van der Waals surface area contributed by atoms with E-state index in [0.29, 0.717) is 30.1 Å². The molecular weight excluding hydrogens is 346 g/mol. The standard InChI is InChI=1S/C18H19N7O2/c1-4-24-18(13-7-8-25-17(11-13)20-22-23-25)19-16(21-24)10-12-5-6-14(26-2)15(9-12)27-3/h5-9,11H,4,10H2,1-3H3. The van der Waals surface area contributed by atoms with Crippen LogP contribution in [0.15, 0.2) is 36.5 Å². The molecular formula is C18H19N7O2. The molecule has 0 radical (unpaired) electrons. The van der Waals surface area contributed by atoms with Gasteiger partial charge in [0.1, 0.15) is 0 Å². The second-order valence-electron chi connectivity index (χ2n) is 5.93. The molecule has 0 N–H and O–H groups in total. The van der Waals surface area contributed by atoms with E-state index in [2.05, 4.69) is 20.6 Å². The fraction of sp³-hybridized carbons (Fsp3) is 0.278. The van der Waals surface area contributed by atoms with Crippen molar-refractivity contribution in [2.45, 2.75) is 19.9 Å². The summed E-state index contributed by atoms with van der Waals surface area (Å²) >= 11 is 0. The summed E-state index contributed by atoms with van der Waals surface area (Å²) in [5, 5.41) is 16.2. The number of aromatic nitrogens is 7. The number of hydrogen-bond donors (Lipinski definition) is 0. The van der Waals surface area contributed by atoms with Gasteiger partial charge in [0.15, 0.2) is 28.8 Å². The summed E-state index contributed by atoms with van der Waals surface area (Å²) in [6.07, 6.45) is 2.41. The molecule has 0 amide bonds. The maximum absolute atomic E-state index is 5.38. The predicted molar refractivity (Wildman–Crippen MR) is 97.8 cm³/mol. The lowest BCUT2D eigenvalue weighted by molar-refractivity contribution is 0.354. The minimum atomic E-state index is 0.592. The first-order chi connectivity index (χ1) is 13.2. The number of fused-ring (bicyclic) bond motifs is 1. The average molecular weight is 365 g/mol. The molecule has 0 unspecified atom stereocenters. The molecule has 4 aromatic rings. The first-order valence-corrected chi connectivity index (χ1v) is 8.54. The number of benzene rings is 1. The Morgan fingerprint density at radius 1 is 1.04 bits per heavy atom. The average Bonchev–Trinajstić information content (AvgIpc) is 3.33. The Morgan fingerprint density at radius 3 is 2.67 bits per heavy atom. The van der Waals surface area contributed by atoms with Gasteiger partial charge in [0, 0.05) is 24.7 Å². The van der Waals surface area contributed by atoms with Crippen molar-refractivity contribution in [3.05, 3.63) is 47.9 Å². The molecule has 0 aliphatic carbocycles. The summed E-state index contributed by atoms with van der Waals surface area (Å²) in [6, 6.07) is 9.65. The van der Waals surface area contributed by atoms with E-state index >= 15 is 0 Å². The lowest BCUT2D eigenvalue weighted by Crippen LogP contribution is -2.01. The molecule has 0 saturated heterocycles. The van der Waals surface area contributed by atoms with Crippen LogP contribution in [0.1, 0.15) is 18.3 Å². The zero-order valence-corrected chi connectivity index (χ0v) is 15.3. The van der Waals surface area contributed by atoms with Gasteiger partial charge in [0.2, 0.25) is 0 Å². The highest BCUT2D eigenvalue weighted by Crippen LogP contribution is 2.28. The van der Waals surface area contributed by atoms with Crippen LogP contribution >= 0.6 is 0 Å². The number of aryl methyl sites for hydroxylation is 1. The molecule has 0 aliphatic rings. The number of hydrogen-bond acceptors (Lipinski definition) is 7. The van der Waals surface area contributed by atoms with Crippen LogP contribution in [-0.2, 0) is 13.0 Å². The molecule has 0 bridgehead atoms. The summed E-state index contributed by atoms with van der Waals surface area (Å²) in [5.74, 6) is 2.91. The molecule has 0 fully saturated rings. The van der Waals surface area contributed by atoms with Gasteiger partial charge in [-0.25, -0.2) is 14.2 Å². The monoisotopic (exact) mass is 365 g/mol. The van der Waals surface area contributed by atoms with E-state index in [1.54, 1.807) is 18.7 Å². The zero-order chi connectivity index (χ0) is 18.8. The molecule has 3 aromatic heterocycles. The van der Waals surface area contributed by atoms with Gasteiger partial charge in [-0.3, -0.25) is 0 Å². The smallest absolute Gasteiger partial charge is 0.179 e. The van der Waals surface area contributed by atoms with Gasteiger partial charge in [-0.15, -0.1) is 5.10 Å². The van der Waals surface area contributed by atoms with E-state index in [4.69, 9.17) is 14.5 Å². The van der Waals surface area contributed by atoms with Crippen molar-refractivity contribution in [2.75, 3.05) is 14.2 Å². The number of tetrazole rings is 1.